The van der Waals surface area contributed by atoms with Crippen LogP contribution in [0, 0.1) is 3.57 Å². The lowest BCUT2D eigenvalue weighted by Crippen LogP contribution is -2.42. The second-order valence-corrected chi connectivity index (χ2v) is 5.30. The molecule has 1 saturated heterocycles. The van der Waals surface area contributed by atoms with Gasteiger partial charge in [-0.2, -0.15) is 0 Å². The number of hydrogen-bond donors (Lipinski definition) is 2. The van der Waals surface area contributed by atoms with E-state index < -0.39 is 0 Å². The fourth-order valence-electron chi connectivity index (χ4n) is 2.30. The third-order valence-electron chi connectivity index (χ3n) is 3.14. The summed E-state index contributed by atoms with van der Waals surface area (Å²) in [6.45, 7) is 1.10. The molecule has 1 unspecified atom stereocenters. The van der Waals surface area contributed by atoms with Crippen molar-refractivity contribution in [1.82, 2.24) is 9.97 Å². The smallest absolute Gasteiger partial charge is 0.266 e. The van der Waals surface area contributed by atoms with Gasteiger partial charge in [-0.3, -0.25) is 4.79 Å². The number of H-pyrrole nitrogens is 1. The zero-order chi connectivity index (χ0) is 12.3. The van der Waals surface area contributed by atoms with E-state index in [9.17, 15) is 4.79 Å². The molecule has 0 aromatic carbocycles. The van der Waals surface area contributed by atoms with Crippen molar-refractivity contribution in [3.63, 3.8) is 0 Å². The van der Waals surface area contributed by atoms with Gasteiger partial charge >= 0.3 is 0 Å². The van der Waals surface area contributed by atoms with Gasteiger partial charge in [0.15, 0.2) is 0 Å². The first-order valence-corrected chi connectivity index (χ1v) is 6.92. The third kappa shape index (κ3) is 2.79. The molecule has 2 rings (SSSR count). The number of aliphatic hydroxyl groups is 1. The average Bonchev–Trinajstić information content (AvgIpc) is 2.34. The SMILES string of the molecule is O=c1[nH]cnc(N2CCCCC2CCO)c1I. The highest BCUT2D eigenvalue weighted by molar-refractivity contribution is 14.1. The molecule has 2 heterocycles. The van der Waals surface area contributed by atoms with Crippen molar-refractivity contribution in [3.8, 4) is 0 Å². The van der Waals surface area contributed by atoms with E-state index in [0.717, 1.165) is 31.6 Å². The van der Waals surface area contributed by atoms with Gasteiger partial charge in [0.25, 0.3) is 5.56 Å². The number of aromatic amines is 1. The van der Waals surface area contributed by atoms with Crippen molar-refractivity contribution in [1.29, 1.82) is 0 Å². The van der Waals surface area contributed by atoms with E-state index in [1.165, 1.54) is 12.7 Å². The van der Waals surface area contributed by atoms with Gasteiger partial charge in [-0.15, -0.1) is 0 Å². The molecule has 1 fully saturated rings. The number of hydrogen-bond acceptors (Lipinski definition) is 4. The van der Waals surface area contributed by atoms with Gasteiger partial charge in [0.1, 0.15) is 9.39 Å². The zero-order valence-corrected chi connectivity index (χ0v) is 11.7. The Hall–Kier alpha value is -0.630. The molecule has 6 heteroatoms. The summed E-state index contributed by atoms with van der Waals surface area (Å²) in [4.78, 5) is 20.6. The average molecular weight is 349 g/mol. The molecule has 0 saturated carbocycles. The maximum absolute atomic E-state index is 11.6. The molecule has 0 aliphatic carbocycles. The molecule has 5 nitrogen and oxygen atoms in total. The number of halogens is 1. The first-order chi connectivity index (χ1) is 8.24. The van der Waals surface area contributed by atoms with Crippen molar-refractivity contribution >= 4 is 28.4 Å². The van der Waals surface area contributed by atoms with Gasteiger partial charge in [-0.05, 0) is 48.3 Å². The van der Waals surface area contributed by atoms with Crippen LogP contribution in [-0.2, 0) is 0 Å². The van der Waals surface area contributed by atoms with Crippen LogP contribution in [0.3, 0.4) is 0 Å². The third-order valence-corrected chi connectivity index (χ3v) is 4.11. The second-order valence-electron chi connectivity index (χ2n) is 4.22. The molecule has 0 bridgehead atoms. The molecular weight excluding hydrogens is 333 g/mol. The maximum atomic E-state index is 11.6. The monoisotopic (exact) mass is 349 g/mol. The van der Waals surface area contributed by atoms with Crippen LogP contribution in [0.4, 0.5) is 5.82 Å². The van der Waals surface area contributed by atoms with Crippen LogP contribution in [0.15, 0.2) is 11.1 Å². The molecule has 1 aliphatic heterocycles. The minimum Gasteiger partial charge on any atom is -0.396 e. The molecular formula is C11H16IN3O2. The Morgan fingerprint density at radius 3 is 3.18 bits per heavy atom. The van der Waals surface area contributed by atoms with Crippen molar-refractivity contribution < 1.29 is 5.11 Å². The van der Waals surface area contributed by atoms with Crippen molar-refractivity contribution in [3.05, 3.63) is 20.3 Å². The number of anilines is 1. The summed E-state index contributed by atoms with van der Waals surface area (Å²) < 4.78 is 0.634. The fourth-order valence-corrected chi connectivity index (χ4v) is 2.91. The van der Waals surface area contributed by atoms with Crippen molar-refractivity contribution in [2.45, 2.75) is 31.7 Å². The molecule has 1 atom stereocenters. The van der Waals surface area contributed by atoms with E-state index in [0.29, 0.717) is 9.61 Å². The van der Waals surface area contributed by atoms with Gasteiger partial charge in [0.2, 0.25) is 0 Å². The first-order valence-electron chi connectivity index (χ1n) is 5.84. The minimum atomic E-state index is -0.0936. The Balaban J connectivity index is 2.29. The molecule has 1 aliphatic rings. The van der Waals surface area contributed by atoms with Crippen LogP contribution in [0.1, 0.15) is 25.7 Å². The maximum Gasteiger partial charge on any atom is 0.266 e. The van der Waals surface area contributed by atoms with Gasteiger partial charge < -0.3 is 15.0 Å². The van der Waals surface area contributed by atoms with E-state index in [1.54, 1.807) is 0 Å². The van der Waals surface area contributed by atoms with Gasteiger partial charge in [0, 0.05) is 19.2 Å². The summed E-state index contributed by atoms with van der Waals surface area (Å²) in [5, 5.41) is 9.09. The van der Waals surface area contributed by atoms with Crippen molar-refractivity contribution in [2.24, 2.45) is 0 Å². The molecule has 1 aromatic rings. The molecule has 1 aromatic heterocycles. The summed E-state index contributed by atoms with van der Waals surface area (Å²) in [5.74, 6) is 0.757. The molecule has 0 amide bonds. The quantitative estimate of drug-likeness (QED) is 0.803. The predicted molar refractivity (Wildman–Crippen MR) is 74.3 cm³/mol. The summed E-state index contributed by atoms with van der Waals surface area (Å²) in [7, 11) is 0. The van der Waals surface area contributed by atoms with E-state index >= 15 is 0 Å². The lowest BCUT2D eigenvalue weighted by atomic mass is 10.00. The highest BCUT2D eigenvalue weighted by atomic mass is 127. The highest BCUT2D eigenvalue weighted by Crippen LogP contribution is 2.26. The fraction of sp³-hybridized carbons (Fsp3) is 0.636. The normalized spacial score (nSPS) is 20.6. The van der Waals surface area contributed by atoms with Gasteiger partial charge in [-0.25, -0.2) is 4.98 Å². The molecule has 0 radical (unpaired) electrons. The van der Waals surface area contributed by atoms with Crippen LogP contribution in [-0.4, -0.2) is 34.3 Å². The van der Waals surface area contributed by atoms with Crippen LogP contribution < -0.4 is 10.5 Å². The summed E-state index contributed by atoms with van der Waals surface area (Å²) in [6.07, 6.45) is 5.55. The number of aromatic nitrogens is 2. The Kier molecular flexibility index (Phi) is 4.38. The van der Waals surface area contributed by atoms with E-state index in [1.807, 2.05) is 22.6 Å². The highest BCUT2D eigenvalue weighted by Gasteiger charge is 2.25. The molecule has 2 N–H and O–H groups in total. The Morgan fingerprint density at radius 1 is 1.59 bits per heavy atom. The molecule has 17 heavy (non-hydrogen) atoms. The van der Waals surface area contributed by atoms with Gasteiger partial charge in [-0.1, -0.05) is 0 Å². The second kappa shape index (κ2) is 5.81. The summed E-state index contributed by atoms with van der Waals surface area (Å²) in [5.41, 5.74) is -0.0936. The molecule has 0 spiro atoms. The van der Waals surface area contributed by atoms with Crippen LogP contribution in [0.25, 0.3) is 0 Å². The standard InChI is InChI=1S/C11H16IN3O2/c12-9-10(13-7-14-11(9)17)15-5-2-1-3-8(15)4-6-16/h7-8,16H,1-6H2,(H,13,14,17). The molecule has 94 valence electrons. The zero-order valence-electron chi connectivity index (χ0n) is 9.53. The number of aliphatic hydroxyl groups excluding tert-OH is 1. The lowest BCUT2D eigenvalue weighted by molar-refractivity contribution is 0.262. The number of rotatable bonds is 3. The van der Waals surface area contributed by atoms with E-state index in [-0.39, 0.29) is 12.2 Å². The largest absolute Gasteiger partial charge is 0.396 e. The number of piperidine rings is 1. The van der Waals surface area contributed by atoms with Crippen LogP contribution >= 0.6 is 22.6 Å². The topological polar surface area (TPSA) is 69.2 Å². The predicted octanol–water partition coefficient (Wildman–Crippen LogP) is 1.12. The Bertz CT molecular complexity index is 433. The number of nitrogens with zero attached hydrogens (tertiary/aromatic N) is 2. The Morgan fingerprint density at radius 2 is 2.41 bits per heavy atom. The summed E-state index contributed by atoms with van der Waals surface area (Å²) >= 11 is 2.04. The van der Waals surface area contributed by atoms with E-state index in [2.05, 4.69) is 14.9 Å². The first kappa shape index (κ1) is 12.8. The Labute approximate surface area is 113 Å². The minimum absolute atomic E-state index is 0.0936. The summed E-state index contributed by atoms with van der Waals surface area (Å²) in [6, 6.07) is 0.302. The van der Waals surface area contributed by atoms with Gasteiger partial charge in [0.05, 0.1) is 6.33 Å². The number of nitrogens with one attached hydrogen (secondary N) is 1. The van der Waals surface area contributed by atoms with Crippen LogP contribution in [0.2, 0.25) is 0 Å². The van der Waals surface area contributed by atoms with Crippen molar-refractivity contribution in [2.75, 3.05) is 18.1 Å². The van der Waals surface area contributed by atoms with E-state index in [4.69, 9.17) is 5.11 Å². The lowest BCUT2D eigenvalue weighted by Gasteiger charge is -2.36. The van der Waals surface area contributed by atoms with Crippen LogP contribution in [0.5, 0.6) is 0 Å².